The van der Waals surface area contributed by atoms with Crippen molar-refractivity contribution in [3.05, 3.63) is 0 Å². The van der Waals surface area contributed by atoms with Crippen molar-refractivity contribution in [1.29, 1.82) is 0 Å². The molecule has 0 amide bonds. The summed E-state index contributed by atoms with van der Waals surface area (Å²) >= 11 is 4.11. The fourth-order valence-corrected chi connectivity index (χ4v) is 2.59. The molecule has 0 spiro atoms. The third-order valence-corrected chi connectivity index (χ3v) is 3.89. The predicted molar refractivity (Wildman–Crippen MR) is 70.5 cm³/mol. The Morgan fingerprint density at radius 3 is 2.28 bits per heavy atom. The molecule has 1 saturated heterocycles. The molecule has 108 valence electrons. The van der Waals surface area contributed by atoms with Gasteiger partial charge in [0.05, 0.1) is 6.10 Å². The summed E-state index contributed by atoms with van der Waals surface area (Å²) in [7, 11) is 0. The second-order valence-corrected chi connectivity index (χ2v) is 5.45. The second-order valence-electron chi connectivity index (χ2n) is 5.00. The van der Waals surface area contributed by atoms with E-state index in [9.17, 15) is 20.4 Å². The van der Waals surface area contributed by atoms with Gasteiger partial charge in [0, 0.05) is 0 Å². The van der Waals surface area contributed by atoms with Crippen molar-refractivity contribution in [2.75, 3.05) is 5.75 Å². The molecule has 0 saturated carbocycles. The summed E-state index contributed by atoms with van der Waals surface area (Å²) in [5.41, 5.74) is -1.70. The van der Waals surface area contributed by atoms with Gasteiger partial charge in [-0.15, -0.1) is 0 Å². The van der Waals surface area contributed by atoms with E-state index in [4.69, 9.17) is 4.74 Å². The molecule has 0 bridgehead atoms. The highest BCUT2D eigenvalue weighted by Gasteiger charge is 2.52. The Labute approximate surface area is 113 Å². The summed E-state index contributed by atoms with van der Waals surface area (Å²) in [5.74, 6) is 0.832. The van der Waals surface area contributed by atoms with Crippen LogP contribution in [-0.4, -0.2) is 56.4 Å². The van der Waals surface area contributed by atoms with Gasteiger partial charge in [-0.3, -0.25) is 0 Å². The number of unbranched alkanes of at least 4 members (excludes halogenated alkanes) is 3. The smallest absolute Gasteiger partial charge is 0.184 e. The molecule has 0 aromatic heterocycles. The first-order valence-electron chi connectivity index (χ1n) is 6.46. The summed E-state index contributed by atoms with van der Waals surface area (Å²) in [6.07, 6.45) is -1.00. The summed E-state index contributed by atoms with van der Waals surface area (Å²) in [5, 5.41) is 39.6. The number of hydrogen-bond acceptors (Lipinski definition) is 6. The van der Waals surface area contributed by atoms with Gasteiger partial charge < -0.3 is 25.2 Å². The van der Waals surface area contributed by atoms with Gasteiger partial charge in [0.15, 0.2) is 6.29 Å². The average Bonchev–Trinajstić information content (AvgIpc) is 2.34. The number of ether oxygens (including phenoxy) is 1. The van der Waals surface area contributed by atoms with Gasteiger partial charge in [-0.1, -0.05) is 19.3 Å². The summed E-state index contributed by atoms with van der Waals surface area (Å²) < 4.78 is 4.94. The van der Waals surface area contributed by atoms with E-state index in [2.05, 4.69) is 12.6 Å². The van der Waals surface area contributed by atoms with E-state index >= 15 is 0 Å². The highest BCUT2D eigenvalue weighted by Crippen LogP contribution is 2.33. The van der Waals surface area contributed by atoms with Crippen LogP contribution >= 0.6 is 12.6 Å². The Bertz CT molecular complexity index is 237. The van der Waals surface area contributed by atoms with Crippen LogP contribution in [0.25, 0.3) is 0 Å². The number of aliphatic hydroxyl groups excluding tert-OH is 3. The maximum atomic E-state index is 10.4. The Morgan fingerprint density at radius 1 is 1.06 bits per heavy atom. The third-order valence-electron chi connectivity index (χ3n) is 3.58. The van der Waals surface area contributed by atoms with Crippen LogP contribution in [0.1, 0.15) is 39.0 Å². The first-order chi connectivity index (χ1) is 8.43. The molecule has 6 heteroatoms. The Kier molecular flexibility index (Phi) is 6.37. The highest BCUT2D eigenvalue weighted by atomic mass is 32.1. The molecule has 0 radical (unpaired) electrons. The predicted octanol–water partition coefficient (Wildman–Crippen LogP) is 0.0567. The minimum atomic E-state index is -1.70. The molecule has 1 rings (SSSR count). The van der Waals surface area contributed by atoms with E-state index in [1.54, 1.807) is 6.92 Å². The van der Waals surface area contributed by atoms with E-state index in [0.29, 0.717) is 6.42 Å². The van der Waals surface area contributed by atoms with Crippen molar-refractivity contribution < 1.29 is 25.2 Å². The lowest BCUT2D eigenvalue weighted by molar-refractivity contribution is -0.315. The lowest BCUT2D eigenvalue weighted by Gasteiger charge is -2.46. The zero-order valence-corrected chi connectivity index (χ0v) is 11.6. The second kappa shape index (κ2) is 7.07. The van der Waals surface area contributed by atoms with Gasteiger partial charge in [-0.25, -0.2) is 0 Å². The van der Waals surface area contributed by atoms with E-state index in [0.717, 1.165) is 25.0 Å². The van der Waals surface area contributed by atoms with Crippen molar-refractivity contribution in [2.45, 2.75) is 69.2 Å². The molecule has 0 aromatic carbocycles. The fraction of sp³-hybridized carbons (Fsp3) is 1.00. The van der Waals surface area contributed by atoms with Gasteiger partial charge in [0.1, 0.15) is 17.8 Å². The van der Waals surface area contributed by atoms with E-state index < -0.39 is 30.2 Å². The largest absolute Gasteiger partial charge is 0.387 e. The molecule has 0 aromatic rings. The van der Waals surface area contributed by atoms with Gasteiger partial charge in [0.2, 0.25) is 0 Å². The van der Waals surface area contributed by atoms with Crippen LogP contribution in [0.2, 0.25) is 0 Å². The van der Waals surface area contributed by atoms with E-state index in [1.807, 2.05) is 0 Å². The molecule has 1 fully saturated rings. The topological polar surface area (TPSA) is 90.2 Å². The minimum absolute atomic E-state index is 0.243. The van der Waals surface area contributed by atoms with Crippen LogP contribution in [0, 0.1) is 0 Å². The Balaban J connectivity index is 2.51. The average molecular weight is 280 g/mol. The number of hydrogen-bond donors (Lipinski definition) is 5. The van der Waals surface area contributed by atoms with Crippen LogP contribution in [-0.2, 0) is 4.74 Å². The molecule has 4 N–H and O–H groups in total. The molecule has 0 aliphatic carbocycles. The van der Waals surface area contributed by atoms with Gasteiger partial charge in [0.25, 0.3) is 0 Å². The summed E-state index contributed by atoms with van der Waals surface area (Å²) in [6.45, 7) is 1.56. The molecule has 0 unspecified atom stereocenters. The first kappa shape index (κ1) is 16.2. The van der Waals surface area contributed by atoms with Gasteiger partial charge >= 0.3 is 0 Å². The fourth-order valence-electron chi connectivity index (χ4n) is 2.37. The maximum absolute atomic E-state index is 10.4. The van der Waals surface area contributed by atoms with Crippen LogP contribution in [0.3, 0.4) is 0 Å². The van der Waals surface area contributed by atoms with Crippen LogP contribution in [0.15, 0.2) is 0 Å². The lowest BCUT2D eigenvalue weighted by Crippen LogP contribution is -2.65. The van der Waals surface area contributed by atoms with Crippen molar-refractivity contribution in [2.24, 2.45) is 0 Å². The minimum Gasteiger partial charge on any atom is -0.387 e. The first-order valence-corrected chi connectivity index (χ1v) is 7.09. The number of aliphatic hydroxyl groups is 4. The third kappa shape index (κ3) is 3.59. The Morgan fingerprint density at radius 2 is 1.67 bits per heavy atom. The van der Waals surface area contributed by atoms with E-state index in [-0.39, 0.29) is 6.42 Å². The normalized spacial score (nSPS) is 41.0. The lowest BCUT2D eigenvalue weighted by atomic mass is 9.80. The van der Waals surface area contributed by atoms with Crippen molar-refractivity contribution >= 4 is 12.6 Å². The van der Waals surface area contributed by atoms with Crippen LogP contribution in [0.4, 0.5) is 0 Å². The van der Waals surface area contributed by atoms with Gasteiger partial charge in [-0.05, 0) is 25.5 Å². The molecule has 1 heterocycles. The zero-order valence-electron chi connectivity index (χ0n) is 10.7. The summed E-state index contributed by atoms with van der Waals surface area (Å²) in [4.78, 5) is 0. The van der Waals surface area contributed by atoms with Gasteiger partial charge in [-0.2, -0.15) is 12.6 Å². The van der Waals surface area contributed by atoms with E-state index in [1.165, 1.54) is 0 Å². The maximum Gasteiger partial charge on any atom is 0.184 e. The highest BCUT2D eigenvalue weighted by molar-refractivity contribution is 7.80. The quantitative estimate of drug-likeness (QED) is 0.350. The molecule has 1 aliphatic heterocycles. The summed E-state index contributed by atoms with van der Waals surface area (Å²) in [6, 6.07) is 0. The molecule has 5 atom stereocenters. The van der Waals surface area contributed by atoms with Crippen LogP contribution < -0.4 is 0 Å². The monoisotopic (exact) mass is 280 g/mol. The molecule has 5 nitrogen and oxygen atoms in total. The Hall–Kier alpha value is 0.150. The molecular weight excluding hydrogens is 256 g/mol. The number of thiol groups is 1. The van der Waals surface area contributed by atoms with Crippen molar-refractivity contribution in [3.63, 3.8) is 0 Å². The van der Waals surface area contributed by atoms with Crippen molar-refractivity contribution in [3.8, 4) is 0 Å². The molecule has 18 heavy (non-hydrogen) atoms. The zero-order chi connectivity index (χ0) is 13.8. The molecule has 1 aliphatic rings. The standard InChI is InChI=1S/C12H24O5S/c1-8-9(13)12(16,10(14)11(15)17-8)6-4-2-3-5-7-18/h8-11,13-16,18H,2-7H2,1H3/t8-,9+,10+,11+,12+/m0/s1. The van der Waals surface area contributed by atoms with Crippen LogP contribution in [0.5, 0.6) is 0 Å². The van der Waals surface area contributed by atoms with Crippen molar-refractivity contribution in [1.82, 2.24) is 0 Å². The SMILES string of the molecule is C[C@@H]1O[C@@H](O)[C@@H](O)[C@@](O)(CCCCCCS)[C@@H]1O. The number of rotatable bonds is 6. The molecular formula is C12H24O5S.